The number of fused-ring (bicyclic) bond motifs is 3. The maximum absolute atomic E-state index is 13.6. The van der Waals surface area contributed by atoms with Crippen LogP contribution in [-0.4, -0.2) is 46.0 Å². The van der Waals surface area contributed by atoms with Gasteiger partial charge in [-0.3, -0.25) is 0 Å². The Balaban J connectivity index is 1.74. The number of likely N-dealkylation sites (tertiary alicyclic amines) is 1. The fourth-order valence-electron chi connectivity index (χ4n) is 4.60. The van der Waals surface area contributed by atoms with E-state index in [1.54, 1.807) is 6.07 Å². The van der Waals surface area contributed by atoms with Gasteiger partial charge in [-0.15, -0.1) is 0 Å². The number of benzene rings is 2. The molecule has 2 atom stereocenters. The number of nitrogens with zero attached hydrogens (tertiary/aromatic N) is 2. The van der Waals surface area contributed by atoms with E-state index in [4.69, 9.17) is 0 Å². The molecule has 150 valence electrons. The predicted molar refractivity (Wildman–Crippen MR) is 105 cm³/mol. The standard InChI is InChI=1S/C21H24F2N2O2S/c1-3-25-8-6-18-19-13-16(4-5-20(19)24(2)21(18)7-9-25)28(26,27)17-11-14(22)10-15(23)12-17/h4-5,10-13,18,21H,3,6-9H2,1-2H3/t18-,21+/m1/s1. The zero-order valence-corrected chi connectivity index (χ0v) is 16.8. The smallest absolute Gasteiger partial charge is 0.206 e. The highest BCUT2D eigenvalue weighted by Gasteiger charge is 2.38. The number of rotatable bonds is 3. The second kappa shape index (κ2) is 7.12. The molecule has 28 heavy (non-hydrogen) atoms. The molecule has 0 saturated carbocycles. The van der Waals surface area contributed by atoms with Gasteiger partial charge in [-0.2, -0.15) is 0 Å². The van der Waals surface area contributed by atoms with Crippen molar-refractivity contribution in [2.45, 2.75) is 41.5 Å². The van der Waals surface area contributed by atoms with Crippen molar-refractivity contribution in [3.63, 3.8) is 0 Å². The summed E-state index contributed by atoms with van der Waals surface area (Å²) >= 11 is 0. The average molecular weight is 406 g/mol. The lowest BCUT2D eigenvalue weighted by Crippen LogP contribution is -2.31. The second-order valence-electron chi connectivity index (χ2n) is 7.63. The molecular formula is C21H24F2N2O2S. The minimum atomic E-state index is -3.99. The van der Waals surface area contributed by atoms with E-state index in [9.17, 15) is 17.2 Å². The number of hydrogen-bond donors (Lipinski definition) is 0. The van der Waals surface area contributed by atoms with E-state index in [2.05, 4.69) is 23.8 Å². The molecule has 2 aromatic carbocycles. The molecule has 1 fully saturated rings. The van der Waals surface area contributed by atoms with Gasteiger partial charge >= 0.3 is 0 Å². The van der Waals surface area contributed by atoms with Crippen molar-refractivity contribution < 1.29 is 17.2 Å². The maximum atomic E-state index is 13.6. The molecule has 2 heterocycles. The van der Waals surface area contributed by atoms with E-state index in [0.29, 0.717) is 12.1 Å². The van der Waals surface area contributed by atoms with Crippen molar-refractivity contribution in [2.75, 3.05) is 31.6 Å². The Morgan fingerprint density at radius 3 is 2.36 bits per heavy atom. The zero-order valence-electron chi connectivity index (χ0n) is 16.0. The van der Waals surface area contributed by atoms with E-state index < -0.39 is 21.5 Å². The van der Waals surface area contributed by atoms with Crippen LogP contribution in [0.1, 0.15) is 31.2 Å². The predicted octanol–water partition coefficient (Wildman–Crippen LogP) is 3.82. The van der Waals surface area contributed by atoms with Gasteiger partial charge < -0.3 is 9.80 Å². The second-order valence-corrected chi connectivity index (χ2v) is 9.58. The first-order chi connectivity index (χ1) is 13.3. The van der Waals surface area contributed by atoms with Crippen LogP contribution in [0.3, 0.4) is 0 Å². The summed E-state index contributed by atoms with van der Waals surface area (Å²) in [5.74, 6) is -1.54. The molecule has 0 bridgehead atoms. The van der Waals surface area contributed by atoms with Crippen LogP contribution in [0.2, 0.25) is 0 Å². The topological polar surface area (TPSA) is 40.6 Å². The highest BCUT2D eigenvalue weighted by atomic mass is 32.2. The molecule has 2 aromatic rings. The van der Waals surface area contributed by atoms with Crippen LogP contribution in [-0.2, 0) is 9.84 Å². The minimum Gasteiger partial charge on any atom is -0.371 e. The first-order valence-electron chi connectivity index (χ1n) is 9.61. The van der Waals surface area contributed by atoms with E-state index >= 15 is 0 Å². The van der Waals surface area contributed by atoms with Gasteiger partial charge in [0.25, 0.3) is 0 Å². The van der Waals surface area contributed by atoms with Crippen molar-refractivity contribution in [3.8, 4) is 0 Å². The number of likely N-dealkylation sites (N-methyl/N-ethyl adjacent to an activating group) is 1. The van der Waals surface area contributed by atoms with Gasteiger partial charge in [0.15, 0.2) is 0 Å². The third-order valence-electron chi connectivity index (χ3n) is 6.14. The Kier molecular flexibility index (Phi) is 4.91. The molecule has 0 unspecified atom stereocenters. The molecule has 7 heteroatoms. The fourth-order valence-corrected chi connectivity index (χ4v) is 5.94. The molecule has 0 radical (unpaired) electrons. The van der Waals surface area contributed by atoms with Gasteiger partial charge in [0, 0.05) is 37.3 Å². The summed E-state index contributed by atoms with van der Waals surface area (Å²) in [4.78, 5) is 4.40. The summed E-state index contributed by atoms with van der Waals surface area (Å²) in [6, 6.07) is 7.82. The summed E-state index contributed by atoms with van der Waals surface area (Å²) in [6.07, 6.45) is 1.99. The Bertz CT molecular complexity index is 989. The summed E-state index contributed by atoms with van der Waals surface area (Å²) in [5.41, 5.74) is 2.06. The van der Waals surface area contributed by atoms with Crippen LogP contribution in [0.4, 0.5) is 14.5 Å². The van der Waals surface area contributed by atoms with Crippen LogP contribution in [0, 0.1) is 11.6 Å². The Morgan fingerprint density at radius 2 is 1.68 bits per heavy atom. The number of hydrogen-bond acceptors (Lipinski definition) is 4. The first-order valence-corrected chi connectivity index (χ1v) is 11.1. The molecule has 0 aromatic heterocycles. The van der Waals surface area contributed by atoms with E-state index in [0.717, 1.165) is 55.9 Å². The van der Waals surface area contributed by atoms with Gasteiger partial charge in [-0.25, -0.2) is 17.2 Å². The van der Waals surface area contributed by atoms with Crippen molar-refractivity contribution in [3.05, 3.63) is 53.6 Å². The third-order valence-corrected chi connectivity index (χ3v) is 7.87. The minimum absolute atomic E-state index is 0.0851. The number of anilines is 1. The van der Waals surface area contributed by atoms with Gasteiger partial charge in [0.05, 0.1) is 9.79 Å². The molecular weight excluding hydrogens is 382 g/mol. The monoisotopic (exact) mass is 406 g/mol. The lowest BCUT2D eigenvalue weighted by molar-refractivity contribution is 0.298. The Morgan fingerprint density at radius 1 is 1.00 bits per heavy atom. The SMILES string of the molecule is CCN1CC[C@@H]2c3cc(S(=O)(=O)c4cc(F)cc(F)c4)ccc3N(C)[C@H]2CC1. The molecule has 1 saturated heterocycles. The van der Waals surface area contributed by atoms with Gasteiger partial charge in [0.1, 0.15) is 11.6 Å². The molecule has 2 aliphatic rings. The largest absolute Gasteiger partial charge is 0.371 e. The molecule has 0 amide bonds. The summed E-state index contributed by atoms with van der Waals surface area (Å²) in [6.45, 7) is 5.18. The van der Waals surface area contributed by atoms with Gasteiger partial charge in [0.2, 0.25) is 9.84 Å². The number of halogens is 2. The normalized spacial score (nSPS) is 22.6. The van der Waals surface area contributed by atoms with Gasteiger partial charge in [-0.1, -0.05) is 6.92 Å². The van der Waals surface area contributed by atoms with Gasteiger partial charge in [-0.05, 0) is 61.8 Å². The van der Waals surface area contributed by atoms with Crippen LogP contribution in [0.25, 0.3) is 0 Å². The van der Waals surface area contributed by atoms with E-state index in [-0.39, 0.29) is 15.7 Å². The van der Waals surface area contributed by atoms with Crippen molar-refractivity contribution in [1.82, 2.24) is 4.90 Å². The average Bonchev–Trinajstić information content (AvgIpc) is 2.81. The summed E-state index contributed by atoms with van der Waals surface area (Å²) < 4.78 is 53.1. The lowest BCUT2D eigenvalue weighted by Gasteiger charge is -2.25. The molecule has 4 rings (SSSR count). The molecule has 0 spiro atoms. The van der Waals surface area contributed by atoms with Crippen LogP contribution < -0.4 is 4.90 Å². The van der Waals surface area contributed by atoms with E-state index in [1.165, 1.54) is 6.07 Å². The number of sulfone groups is 1. The molecule has 4 nitrogen and oxygen atoms in total. The van der Waals surface area contributed by atoms with Crippen LogP contribution in [0.5, 0.6) is 0 Å². The Hall–Kier alpha value is -1.99. The molecule has 2 aliphatic heterocycles. The molecule has 0 aliphatic carbocycles. The third kappa shape index (κ3) is 3.20. The van der Waals surface area contributed by atoms with Crippen molar-refractivity contribution in [1.29, 1.82) is 0 Å². The Labute approximate surface area is 164 Å². The zero-order chi connectivity index (χ0) is 20.1. The maximum Gasteiger partial charge on any atom is 0.206 e. The van der Waals surface area contributed by atoms with E-state index in [1.807, 2.05) is 6.07 Å². The van der Waals surface area contributed by atoms with Crippen molar-refractivity contribution >= 4 is 15.5 Å². The van der Waals surface area contributed by atoms with Crippen molar-refractivity contribution in [2.24, 2.45) is 0 Å². The molecule has 0 N–H and O–H groups in total. The lowest BCUT2D eigenvalue weighted by atomic mass is 9.91. The summed E-state index contributed by atoms with van der Waals surface area (Å²) in [5, 5.41) is 0. The summed E-state index contributed by atoms with van der Waals surface area (Å²) in [7, 11) is -1.94. The van der Waals surface area contributed by atoms with Crippen LogP contribution >= 0.6 is 0 Å². The first kappa shape index (κ1) is 19.3. The van der Waals surface area contributed by atoms with Crippen LogP contribution in [0.15, 0.2) is 46.2 Å². The highest BCUT2D eigenvalue weighted by Crippen LogP contribution is 2.45. The quantitative estimate of drug-likeness (QED) is 0.777. The highest BCUT2D eigenvalue weighted by molar-refractivity contribution is 7.91. The fraction of sp³-hybridized carbons (Fsp3) is 0.429.